The number of nitro groups is 1. The van der Waals surface area contributed by atoms with E-state index >= 15 is 0 Å². The van der Waals surface area contributed by atoms with Crippen LogP contribution < -0.4 is 4.72 Å². The molecule has 0 fully saturated rings. The minimum atomic E-state index is -3.88. The number of hydrogen-bond donors (Lipinski definition) is 1. The molecule has 21 heavy (non-hydrogen) atoms. The molecule has 8 nitrogen and oxygen atoms in total. The van der Waals surface area contributed by atoms with Crippen LogP contribution >= 0.6 is 22.9 Å². The zero-order valence-electron chi connectivity index (χ0n) is 11.0. The van der Waals surface area contributed by atoms with Gasteiger partial charge in [-0.05, 0) is 13.3 Å². The number of esters is 1. The zero-order valence-corrected chi connectivity index (χ0v) is 13.4. The van der Waals surface area contributed by atoms with Crippen LogP contribution in [0.2, 0.25) is 4.34 Å². The topological polar surface area (TPSA) is 116 Å². The lowest BCUT2D eigenvalue weighted by Gasteiger charge is -2.04. The fourth-order valence-corrected chi connectivity index (χ4v) is 4.12. The van der Waals surface area contributed by atoms with Crippen molar-refractivity contribution in [2.75, 3.05) is 13.2 Å². The molecule has 0 aromatic carbocycles. The smallest absolute Gasteiger partial charge is 0.305 e. The van der Waals surface area contributed by atoms with Crippen molar-refractivity contribution in [3.63, 3.8) is 0 Å². The highest BCUT2D eigenvalue weighted by molar-refractivity contribution is 7.91. The van der Waals surface area contributed by atoms with Crippen LogP contribution in [0.4, 0.5) is 5.69 Å². The Morgan fingerprint density at radius 2 is 2.24 bits per heavy atom. The SMILES string of the molecule is CCOC(=O)CCCNS(=O)(=O)c1cc([N+](=O)[O-])c(Cl)s1. The third kappa shape index (κ3) is 5.23. The van der Waals surface area contributed by atoms with Gasteiger partial charge in [-0.1, -0.05) is 11.6 Å². The van der Waals surface area contributed by atoms with Crippen molar-refractivity contribution in [2.24, 2.45) is 0 Å². The molecular weight excluding hydrogens is 344 g/mol. The fourth-order valence-electron chi connectivity index (χ4n) is 1.34. The summed E-state index contributed by atoms with van der Waals surface area (Å²) in [6.45, 7) is 1.96. The molecule has 0 saturated carbocycles. The van der Waals surface area contributed by atoms with Crippen LogP contribution in [0, 0.1) is 10.1 Å². The predicted octanol–water partition coefficient (Wildman–Crippen LogP) is 1.93. The molecule has 0 aliphatic rings. The average molecular weight is 357 g/mol. The third-order valence-corrected chi connectivity index (χ3v) is 5.54. The zero-order chi connectivity index (χ0) is 16.0. The number of carbonyl (C=O) groups is 1. The lowest BCUT2D eigenvalue weighted by molar-refractivity contribution is -0.384. The van der Waals surface area contributed by atoms with Crippen molar-refractivity contribution in [2.45, 2.75) is 24.0 Å². The van der Waals surface area contributed by atoms with Crippen molar-refractivity contribution in [1.82, 2.24) is 4.72 Å². The van der Waals surface area contributed by atoms with E-state index in [9.17, 15) is 23.3 Å². The molecule has 0 saturated heterocycles. The van der Waals surface area contributed by atoms with Gasteiger partial charge in [-0.2, -0.15) is 0 Å². The number of hydrogen-bond acceptors (Lipinski definition) is 7. The molecular formula is C10H13ClN2O6S2. The Bertz CT molecular complexity index is 627. The second kappa shape index (κ2) is 7.69. The summed E-state index contributed by atoms with van der Waals surface area (Å²) in [4.78, 5) is 20.9. The van der Waals surface area contributed by atoms with E-state index < -0.39 is 26.6 Å². The first-order valence-corrected chi connectivity index (χ1v) is 8.54. The number of sulfonamides is 1. The van der Waals surface area contributed by atoms with Gasteiger partial charge in [0, 0.05) is 19.0 Å². The summed E-state index contributed by atoms with van der Waals surface area (Å²) in [6.07, 6.45) is 0.348. The number of halogens is 1. The summed E-state index contributed by atoms with van der Waals surface area (Å²) in [7, 11) is -3.88. The first-order chi connectivity index (χ1) is 9.77. The number of ether oxygens (including phenoxy) is 1. The van der Waals surface area contributed by atoms with Gasteiger partial charge in [0.05, 0.1) is 11.5 Å². The monoisotopic (exact) mass is 356 g/mol. The molecule has 0 aliphatic carbocycles. The van der Waals surface area contributed by atoms with Crippen LogP contribution in [0.5, 0.6) is 0 Å². The second-order valence-electron chi connectivity index (χ2n) is 3.79. The minimum absolute atomic E-state index is 0.0183. The molecule has 0 spiro atoms. The Labute approximate surface area is 130 Å². The Balaban J connectivity index is 2.60. The molecule has 0 aliphatic heterocycles. The standard InChI is InChI=1S/C10H13ClN2O6S2/c1-2-19-8(14)4-3-5-12-21(17,18)9-6-7(13(15)16)10(11)20-9/h6,12H,2-5H2,1H3. The lowest BCUT2D eigenvalue weighted by atomic mass is 10.3. The van der Waals surface area contributed by atoms with Gasteiger partial charge in [0.25, 0.3) is 5.69 Å². The first-order valence-electron chi connectivity index (χ1n) is 5.87. The minimum Gasteiger partial charge on any atom is -0.466 e. The van der Waals surface area contributed by atoms with Crippen LogP contribution in [0.3, 0.4) is 0 Å². The van der Waals surface area contributed by atoms with Crippen LogP contribution in [0.25, 0.3) is 0 Å². The van der Waals surface area contributed by atoms with E-state index in [4.69, 9.17) is 16.3 Å². The molecule has 0 atom stereocenters. The quantitative estimate of drug-likeness (QED) is 0.329. The summed E-state index contributed by atoms with van der Waals surface area (Å²) in [6, 6.07) is 0.903. The summed E-state index contributed by atoms with van der Waals surface area (Å²) >= 11 is 6.21. The molecule has 1 N–H and O–H groups in total. The highest BCUT2D eigenvalue weighted by Gasteiger charge is 2.24. The van der Waals surface area contributed by atoms with Gasteiger partial charge < -0.3 is 4.74 Å². The Hall–Kier alpha value is -1.23. The normalized spacial score (nSPS) is 11.3. The van der Waals surface area contributed by atoms with Crippen molar-refractivity contribution < 1.29 is 22.9 Å². The Morgan fingerprint density at radius 3 is 2.76 bits per heavy atom. The molecule has 0 unspecified atom stereocenters. The molecule has 0 amide bonds. The molecule has 11 heteroatoms. The summed E-state index contributed by atoms with van der Waals surface area (Å²) in [5.41, 5.74) is -0.450. The van der Waals surface area contributed by atoms with Crippen molar-refractivity contribution in [3.05, 3.63) is 20.5 Å². The van der Waals surface area contributed by atoms with Crippen LogP contribution in [-0.2, 0) is 19.6 Å². The number of rotatable bonds is 8. The van der Waals surface area contributed by atoms with Gasteiger partial charge in [0.2, 0.25) is 10.0 Å². The van der Waals surface area contributed by atoms with Crippen molar-refractivity contribution in [1.29, 1.82) is 0 Å². The fraction of sp³-hybridized carbons (Fsp3) is 0.500. The Morgan fingerprint density at radius 1 is 1.57 bits per heavy atom. The van der Waals surface area contributed by atoms with Gasteiger partial charge in [0.1, 0.15) is 4.21 Å². The average Bonchev–Trinajstić information content (AvgIpc) is 2.78. The lowest BCUT2D eigenvalue weighted by Crippen LogP contribution is -2.24. The Kier molecular flexibility index (Phi) is 6.52. The number of thiophene rings is 1. The summed E-state index contributed by atoms with van der Waals surface area (Å²) in [5.74, 6) is -0.411. The number of carbonyl (C=O) groups excluding carboxylic acids is 1. The van der Waals surface area contributed by atoms with E-state index in [1.165, 1.54) is 0 Å². The van der Waals surface area contributed by atoms with Crippen molar-refractivity contribution >= 4 is 44.6 Å². The van der Waals surface area contributed by atoms with E-state index in [0.29, 0.717) is 11.3 Å². The first kappa shape index (κ1) is 17.8. The molecule has 118 valence electrons. The molecule has 1 aromatic heterocycles. The van der Waals surface area contributed by atoms with Crippen molar-refractivity contribution in [3.8, 4) is 0 Å². The van der Waals surface area contributed by atoms with Gasteiger partial charge >= 0.3 is 5.97 Å². The maximum absolute atomic E-state index is 11.9. The van der Waals surface area contributed by atoms with Crippen LogP contribution in [0.1, 0.15) is 19.8 Å². The largest absolute Gasteiger partial charge is 0.466 e. The van der Waals surface area contributed by atoms with Gasteiger partial charge in [0.15, 0.2) is 4.34 Å². The van der Waals surface area contributed by atoms with E-state index in [-0.39, 0.29) is 34.5 Å². The summed E-state index contributed by atoms with van der Waals surface area (Å²) < 4.78 is 30.3. The predicted molar refractivity (Wildman–Crippen MR) is 77.0 cm³/mol. The highest BCUT2D eigenvalue weighted by Crippen LogP contribution is 2.35. The van der Waals surface area contributed by atoms with Gasteiger partial charge in [-0.25, -0.2) is 13.1 Å². The third-order valence-electron chi connectivity index (χ3n) is 2.26. The van der Waals surface area contributed by atoms with Gasteiger partial charge in [-0.15, -0.1) is 11.3 Å². The van der Waals surface area contributed by atoms with E-state index in [1.54, 1.807) is 6.92 Å². The summed E-state index contributed by atoms with van der Waals surface area (Å²) in [5, 5.41) is 10.6. The molecule has 0 bridgehead atoms. The van der Waals surface area contributed by atoms with Crippen LogP contribution in [0.15, 0.2) is 10.3 Å². The molecule has 1 rings (SSSR count). The number of nitrogens with one attached hydrogen (secondary N) is 1. The van der Waals surface area contributed by atoms with E-state index in [1.807, 2.05) is 0 Å². The maximum Gasteiger partial charge on any atom is 0.305 e. The maximum atomic E-state index is 11.9. The molecule has 1 heterocycles. The van der Waals surface area contributed by atoms with E-state index in [2.05, 4.69) is 4.72 Å². The second-order valence-corrected chi connectivity index (χ2v) is 7.44. The molecule has 0 radical (unpaired) electrons. The van der Waals surface area contributed by atoms with Gasteiger partial charge in [-0.3, -0.25) is 14.9 Å². The van der Waals surface area contributed by atoms with Crippen LogP contribution in [-0.4, -0.2) is 32.5 Å². The molecule has 1 aromatic rings. The highest BCUT2D eigenvalue weighted by atomic mass is 35.5. The number of nitrogens with zero attached hydrogens (tertiary/aromatic N) is 1. The van der Waals surface area contributed by atoms with E-state index in [0.717, 1.165) is 6.07 Å².